The topological polar surface area (TPSA) is 42.7 Å². The second kappa shape index (κ2) is 6.42. The van der Waals surface area contributed by atoms with E-state index in [4.69, 9.17) is 11.6 Å². The van der Waals surface area contributed by atoms with E-state index in [1.165, 1.54) is 0 Å². The van der Waals surface area contributed by atoms with Crippen LogP contribution in [0.15, 0.2) is 48.7 Å². The van der Waals surface area contributed by atoms with Crippen molar-refractivity contribution in [3.63, 3.8) is 0 Å². The van der Waals surface area contributed by atoms with Gasteiger partial charge in [0, 0.05) is 16.9 Å². The largest absolute Gasteiger partial charge is 0.345 e. The molecule has 0 aliphatic rings. The van der Waals surface area contributed by atoms with E-state index in [0.29, 0.717) is 0 Å². The smallest absolute Gasteiger partial charge is 0.147 e. The molecule has 4 nitrogen and oxygen atoms in total. The summed E-state index contributed by atoms with van der Waals surface area (Å²) in [6.07, 6.45) is 1.66. The summed E-state index contributed by atoms with van der Waals surface area (Å²) in [5.74, 6) is 0.817. The van der Waals surface area contributed by atoms with Crippen LogP contribution in [0.3, 0.4) is 0 Å². The molecule has 0 bridgehead atoms. The van der Waals surface area contributed by atoms with Crippen molar-refractivity contribution in [3.8, 4) is 0 Å². The minimum absolute atomic E-state index is 0.143. The average Bonchev–Trinajstić information content (AvgIpc) is 2.84. The number of rotatable bonds is 4. The fourth-order valence-corrected chi connectivity index (χ4v) is 2.72. The van der Waals surface area contributed by atoms with Gasteiger partial charge in [-0.05, 0) is 62.2 Å². The van der Waals surface area contributed by atoms with Crippen LogP contribution in [-0.2, 0) is 0 Å². The number of anilines is 1. The van der Waals surface area contributed by atoms with Crippen LogP contribution in [-0.4, -0.2) is 14.8 Å². The van der Waals surface area contributed by atoms with E-state index in [1.54, 1.807) is 6.20 Å². The van der Waals surface area contributed by atoms with Crippen molar-refractivity contribution in [2.75, 3.05) is 5.32 Å². The summed E-state index contributed by atoms with van der Waals surface area (Å²) >= 11 is 6.02. The molecule has 3 aromatic rings. The Kier molecular flexibility index (Phi) is 4.35. The van der Waals surface area contributed by atoms with Gasteiger partial charge < -0.3 is 5.32 Å². The van der Waals surface area contributed by atoms with Crippen molar-refractivity contribution in [1.29, 1.82) is 0 Å². The summed E-state index contributed by atoms with van der Waals surface area (Å²) in [6, 6.07) is 13.9. The van der Waals surface area contributed by atoms with E-state index in [9.17, 15) is 0 Å². The lowest BCUT2D eigenvalue weighted by atomic mass is 10.1. The van der Waals surface area contributed by atoms with Crippen molar-refractivity contribution in [1.82, 2.24) is 14.8 Å². The molecule has 1 atom stereocenters. The summed E-state index contributed by atoms with van der Waals surface area (Å²) in [6.45, 7) is 6.09. The predicted molar refractivity (Wildman–Crippen MR) is 93.9 cm³/mol. The van der Waals surface area contributed by atoms with Crippen LogP contribution < -0.4 is 5.32 Å². The first-order valence-corrected chi connectivity index (χ1v) is 7.88. The summed E-state index contributed by atoms with van der Waals surface area (Å²) < 4.78 is 1.97. The zero-order valence-corrected chi connectivity index (χ0v) is 14.2. The van der Waals surface area contributed by atoms with Gasteiger partial charge in [0.15, 0.2) is 0 Å². The van der Waals surface area contributed by atoms with Crippen LogP contribution in [0.4, 0.5) is 5.82 Å². The molecule has 5 heteroatoms. The number of hydrogen-bond donors (Lipinski definition) is 1. The highest BCUT2D eigenvalue weighted by Crippen LogP contribution is 2.24. The third-order valence-electron chi connectivity index (χ3n) is 3.67. The van der Waals surface area contributed by atoms with E-state index < -0.39 is 0 Å². The van der Waals surface area contributed by atoms with E-state index in [0.717, 1.165) is 33.4 Å². The molecule has 118 valence electrons. The molecule has 0 aliphatic heterocycles. The maximum absolute atomic E-state index is 6.02. The first-order valence-electron chi connectivity index (χ1n) is 7.50. The second-order valence-corrected chi connectivity index (χ2v) is 6.12. The van der Waals surface area contributed by atoms with Gasteiger partial charge in [0.1, 0.15) is 12.0 Å². The fourth-order valence-electron chi connectivity index (χ4n) is 2.59. The molecule has 0 aliphatic carbocycles. The Balaban J connectivity index is 2.02. The molecule has 1 aromatic carbocycles. The van der Waals surface area contributed by atoms with E-state index >= 15 is 0 Å². The number of halogens is 1. The third-order valence-corrected chi connectivity index (χ3v) is 3.93. The lowest BCUT2D eigenvalue weighted by Crippen LogP contribution is -2.22. The van der Waals surface area contributed by atoms with Crippen LogP contribution >= 0.6 is 11.6 Å². The Hall–Kier alpha value is -2.33. The van der Waals surface area contributed by atoms with E-state index in [1.807, 2.05) is 61.9 Å². The van der Waals surface area contributed by atoms with Crippen molar-refractivity contribution >= 4 is 17.4 Å². The van der Waals surface area contributed by atoms with E-state index in [2.05, 4.69) is 21.5 Å². The first-order chi connectivity index (χ1) is 11.0. The SMILES string of the molecule is Cc1ccnc(NC(c2ccc(Cl)cc2)n2nc(C)cc2C)c1. The number of nitrogens with zero attached hydrogens (tertiary/aromatic N) is 3. The molecule has 1 N–H and O–H groups in total. The molecule has 0 radical (unpaired) electrons. The van der Waals surface area contributed by atoms with Gasteiger partial charge in [-0.15, -0.1) is 0 Å². The molecule has 2 aromatic heterocycles. The number of hydrogen-bond acceptors (Lipinski definition) is 3. The minimum atomic E-state index is -0.143. The van der Waals surface area contributed by atoms with Gasteiger partial charge >= 0.3 is 0 Å². The summed E-state index contributed by atoms with van der Waals surface area (Å²) in [7, 11) is 0. The molecule has 2 heterocycles. The summed E-state index contributed by atoms with van der Waals surface area (Å²) in [4.78, 5) is 4.41. The number of benzene rings is 1. The molecule has 0 saturated carbocycles. The zero-order valence-electron chi connectivity index (χ0n) is 13.4. The number of nitrogens with one attached hydrogen (secondary N) is 1. The standard InChI is InChI=1S/C18H19ClN4/c1-12-8-9-20-17(10-12)21-18(15-4-6-16(19)7-5-15)23-14(3)11-13(2)22-23/h4-11,18H,1-3H3,(H,20,21). The Bertz CT molecular complexity index is 808. The predicted octanol–water partition coefficient (Wildman–Crippen LogP) is 4.52. The summed E-state index contributed by atoms with van der Waals surface area (Å²) in [5.41, 5.74) is 4.30. The Labute approximate surface area is 141 Å². The maximum atomic E-state index is 6.02. The van der Waals surface area contributed by atoms with Gasteiger partial charge in [-0.1, -0.05) is 23.7 Å². The lowest BCUT2D eigenvalue weighted by molar-refractivity contribution is 0.556. The first kappa shape index (κ1) is 15.6. The highest BCUT2D eigenvalue weighted by atomic mass is 35.5. The highest BCUT2D eigenvalue weighted by Gasteiger charge is 2.17. The van der Waals surface area contributed by atoms with Gasteiger partial charge in [0.25, 0.3) is 0 Å². The Morgan fingerprint density at radius 1 is 1.04 bits per heavy atom. The molecular formula is C18H19ClN4. The van der Waals surface area contributed by atoms with Crippen LogP contribution in [0.5, 0.6) is 0 Å². The Morgan fingerprint density at radius 3 is 2.39 bits per heavy atom. The van der Waals surface area contributed by atoms with Gasteiger partial charge in [0.05, 0.1) is 5.69 Å². The van der Waals surface area contributed by atoms with Gasteiger partial charge in [-0.2, -0.15) is 5.10 Å². The number of aromatic nitrogens is 3. The van der Waals surface area contributed by atoms with Crippen molar-refractivity contribution in [2.24, 2.45) is 0 Å². The molecule has 0 saturated heterocycles. The molecule has 1 unspecified atom stereocenters. The molecule has 23 heavy (non-hydrogen) atoms. The normalized spacial score (nSPS) is 12.2. The number of aryl methyl sites for hydroxylation is 3. The van der Waals surface area contributed by atoms with Crippen LogP contribution in [0.2, 0.25) is 5.02 Å². The monoisotopic (exact) mass is 326 g/mol. The quantitative estimate of drug-likeness (QED) is 0.766. The molecule has 0 spiro atoms. The van der Waals surface area contributed by atoms with Gasteiger partial charge in [-0.3, -0.25) is 0 Å². The minimum Gasteiger partial charge on any atom is -0.345 e. The number of pyridine rings is 1. The van der Waals surface area contributed by atoms with Crippen molar-refractivity contribution in [2.45, 2.75) is 26.9 Å². The van der Waals surface area contributed by atoms with Crippen LogP contribution in [0.1, 0.15) is 28.7 Å². The highest BCUT2D eigenvalue weighted by molar-refractivity contribution is 6.30. The Morgan fingerprint density at radius 2 is 1.78 bits per heavy atom. The molecule has 0 amide bonds. The zero-order chi connectivity index (χ0) is 16.4. The van der Waals surface area contributed by atoms with Crippen LogP contribution in [0.25, 0.3) is 0 Å². The van der Waals surface area contributed by atoms with Gasteiger partial charge in [0.2, 0.25) is 0 Å². The van der Waals surface area contributed by atoms with Crippen molar-refractivity contribution in [3.05, 3.63) is 76.2 Å². The van der Waals surface area contributed by atoms with Crippen molar-refractivity contribution < 1.29 is 0 Å². The average molecular weight is 327 g/mol. The van der Waals surface area contributed by atoms with Gasteiger partial charge in [-0.25, -0.2) is 9.67 Å². The lowest BCUT2D eigenvalue weighted by Gasteiger charge is -2.22. The summed E-state index contributed by atoms with van der Waals surface area (Å²) in [5, 5.41) is 8.81. The molecular weight excluding hydrogens is 308 g/mol. The fraction of sp³-hybridized carbons (Fsp3) is 0.222. The van der Waals surface area contributed by atoms with E-state index in [-0.39, 0.29) is 6.17 Å². The molecule has 0 fully saturated rings. The molecule has 3 rings (SSSR count). The third kappa shape index (κ3) is 3.54. The second-order valence-electron chi connectivity index (χ2n) is 5.69. The van der Waals surface area contributed by atoms with Crippen LogP contribution in [0, 0.1) is 20.8 Å². The maximum Gasteiger partial charge on any atom is 0.147 e.